The van der Waals surface area contributed by atoms with Crippen LogP contribution in [0, 0.1) is 29.6 Å². The van der Waals surface area contributed by atoms with Crippen LogP contribution in [0.1, 0.15) is 45.4 Å². The summed E-state index contributed by atoms with van der Waals surface area (Å²) in [6.07, 6.45) is 18.9. The predicted molar refractivity (Wildman–Crippen MR) is 82.0 cm³/mol. The Bertz CT molecular complexity index is 367. The Morgan fingerprint density at radius 3 is 2.50 bits per heavy atom. The zero-order valence-electron chi connectivity index (χ0n) is 11.5. The van der Waals surface area contributed by atoms with Crippen molar-refractivity contribution in [3.8, 4) is 24.2 Å². The van der Waals surface area contributed by atoms with Crippen LogP contribution in [0.4, 0.5) is 0 Å². The third-order valence-electron chi connectivity index (χ3n) is 2.84. The fourth-order valence-electron chi connectivity index (χ4n) is 1.76. The van der Waals surface area contributed by atoms with Crippen LogP contribution in [-0.2, 0) is 0 Å². The summed E-state index contributed by atoms with van der Waals surface area (Å²) >= 11 is 0. The minimum absolute atomic E-state index is 0.0867. The van der Waals surface area contributed by atoms with Crippen LogP contribution < -0.4 is 0 Å². The SMILES string of the molecule is C#CCC(C#CCCC=C)(CC=CC)CCC=C. The first kappa shape index (κ1) is 16.3. The van der Waals surface area contributed by atoms with Gasteiger partial charge < -0.3 is 0 Å². The molecule has 0 saturated heterocycles. The molecule has 1 unspecified atom stereocenters. The molecule has 0 aromatic carbocycles. The van der Waals surface area contributed by atoms with E-state index in [4.69, 9.17) is 6.42 Å². The molecule has 0 aliphatic heterocycles. The Morgan fingerprint density at radius 1 is 1.22 bits per heavy atom. The molecule has 0 spiro atoms. The van der Waals surface area contributed by atoms with Crippen molar-refractivity contribution in [3.63, 3.8) is 0 Å². The molecular formula is C18H24. The highest BCUT2D eigenvalue weighted by atomic mass is 14.3. The molecule has 0 amide bonds. The van der Waals surface area contributed by atoms with Gasteiger partial charge in [-0.1, -0.05) is 30.2 Å². The maximum Gasteiger partial charge on any atom is 0.0460 e. The minimum Gasteiger partial charge on any atom is -0.120 e. The number of unbranched alkanes of at least 4 members (excludes halogenated alkanes) is 1. The number of hydrogen-bond acceptors (Lipinski definition) is 0. The lowest BCUT2D eigenvalue weighted by Crippen LogP contribution is -2.17. The molecule has 0 saturated carbocycles. The van der Waals surface area contributed by atoms with E-state index in [-0.39, 0.29) is 5.41 Å². The molecule has 0 aromatic rings. The maximum absolute atomic E-state index is 5.50. The summed E-state index contributed by atoms with van der Waals surface area (Å²) in [6, 6.07) is 0. The van der Waals surface area contributed by atoms with Gasteiger partial charge in [0.1, 0.15) is 0 Å². The van der Waals surface area contributed by atoms with Gasteiger partial charge in [-0.05, 0) is 32.6 Å². The molecule has 0 aromatic heterocycles. The van der Waals surface area contributed by atoms with E-state index in [1.165, 1.54) is 0 Å². The number of terminal acetylenes is 1. The fraction of sp³-hybridized carbons (Fsp3) is 0.444. The monoisotopic (exact) mass is 240 g/mol. The highest BCUT2D eigenvalue weighted by Gasteiger charge is 2.24. The van der Waals surface area contributed by atoms with Gasteiger partial charge in [0.2, 0.25) is 0 Å². The Kier molecular flexibility index (Phi) is 9.52. The van der Waals surface area contributed by atoms with Crippen LogP contribution in [0.5, 0.6) is 0 Å². The maximum atomic E-state index is 5.50. The third kappa shape index (κ3) is 6.82. The fourth-order valence-corrected chi connectivity index (χ4v) is 1.76. The molecule has 0 heterocycles. The summed E-state index contributed by atoms with van der Waals surface area (Å²) in [5.74, 6) is 9.42. The molecule has 1 atom stereocenters. The van der Waals surface area contributed by atoms with Crippen molar-refractivity contribution in [2.75, 3.05) is 0 Å². The summed E-state index contributed by atoms with van der Waals surface area (Å²) in [4.78, 5) is 0. The first-order valence-corrected chi connectivity index (χ1v) is 6.51. The summed E-state index contributed by atoms with van der Waals surface area (Å²) < 4.78 is 0. The molecule has 0 heteroatoms. The predicted octanol–water partition coefficient (Wildman–Crippen LogP) is 4.90. The Morgan fingerprint density at radius 2 is 1.94 bits per heavy atom. The molecule has 96 valence electrons. The van der Waals surface area contributed by atoms with E-state index in [1.807, 2.05) is 19.1 Å². The lowest BCUT2D eigenvalue weighted by molar-refractivity contribution is 0.386. The van der Waals surface area contributed by atoms with E-state index in [2.05, 4.69) is 43.1 Å². The van der Waals surface area contributed by atoms with E-state index in [1.54, 1.807) is 0 Å². The zero-order valence-corrected chi connectivity index (χ0v) is 11.5. The van der Waals surface area contributed by atoms with E-state index in [0.717, 1.165) is 32.1 Å². The highest BCUT2D eigenvalue weighted by Crippen LogP contribution is 2.32. The number of rotatable bonds is 8. The summed E-state index contributed by atoms with van der Waals surface area (Å²) in [6.45, 7) is 9.52. The van der Waals surface area contributed by atoms with E-state index < -0.39 is 0 Å². The second kappa shape index (κ2) is 10.5. The van der Waals surface area contributed by atoms with Gasteiger partial charge in [0.05, 0.1) is 0 Å². The van der Waals surface area contributed by atoms with Crippen molar-refractivity contribution in [1.29, 1.82) is 0 Å². The zero-order chi connectivity index (χ0) is 13.7. The third-order valence-corrected chi connectivity index (χ3v) is 2.84. The van der Waals surface area contributed by atoms with E-state index in [0.29, 0.717) is 6.42 Å². The van der Waals surface area contributed by atoms with E-state index >= 15 is 0 Å². The Hall–Kier alpha value is -1.66. The van der Waals surface area contributed by atoms with Crippen LogP contribution in [0.25, 0.3) is 0 Å². The van der Waals surface area contributed by atoms with Crippen LogP contribution in [-0.4, -0.2) is 0 Å². The first-order valence-electron chi connectivity index (χ1n) is 6.51. The van der Waals surface area contributed by atoms with Crippen LogP contribution in [0.3, 0.4) is 0 Å². The molecule has 18 heavy (non-hydrogen) atoms. The largest absolute Gasteiger partial charge is 0.120 e. The van der Waals surface area contributed by atoms with Gasteiger partial charge >= 0.3 is 0 Å². The van der Waals surface area contributed by atoms with E-state index in [9.17, 15) is 0 Å². The molecular weight excluding hydrogens is 216 g/mol. The number of hydrogen-bond donors (Lipinski definition) is 0. The highest BCUT2D eigenvalue weighted by molar-refractivity contribution is 5.18. The molecule has 0 nitrogen and oxygen atoms in total. The molecule has 0 bridgehead atoms. The van der Waals surface area contributed by atoms with Crippen molar-refractivity contribution >= 4 is 0 Å². The molecule has 0 fully saturated rings. The van der Waals surface area contributed by atoms with Crippen molar-refractivity contribution in [1.82, 2.24) is 0 Å². The van der Waals surface area contributed by atoms with Crippen LogP contribution in [0.2, 0.25) is 0 Å². The molecule has 0 aliphatic carbocycles. The summed E-state index contributed by atoms with van der Waals surface area (Å²) in [5.41, 5.74) is -0.0867. The molecule has 0 rings (SSSR count). The first-order chi connectivity index (χ1) is 8.74. The lowest BCUT2D eigenvalue weighted by Gasteiger charge is -2.24. The quantitative estimate of drug-likeness (QED) is 0.322. The number of allylic oxidation sites excluding steroid dienone is 4. The normalized spacial score (nSPS) is 13.1. The molecule has 0 N–H and O–H groups in total. The summed E-state index contributed by atoms with van der Waals surface area (Å²) in [7, 11) is 0. The van der Waals surface area contributed by atoms with Gasteiger partial charge in [-0.15, -0.1) is 31.4 Å². The second-order valence-corrected chi connectivity index (χ2v) is 4.39. The van der Waals surface area contributed by atoms with Gasteiger partial charge in [0.25, 0.3) is 0 Å². The molecule has 0 aliphatic rings. The topological polar surface area (TPSA) is 0 Å². The lowest BCUT2D eigenvalue weighted by atomic mass is 9.77. The smallest absolute Gasteiger partial charge is 0.0460 e. The van der Waals surface area contributed by atoms with Gasteiger partial charge in [0, 0.05) is 18.3 Å². The average Bonchev–Trinajstić information content (AvgIpc) is 2.39. The van der Waals surface area contributed by atoms with Crippen LogP contribution >= 0.6 is 0 Å². The van der Waals surface area contributed by atoms with Crippen molar-refractivity contribution < 1.29 is 0 Å². The Labute approximate surface area is 113 Å². The van der Waals surface area contributed by atoms with Crippen molar-refractivity contribution in [2.24, 2.45) is 5.41 Å². The van der Waals surface area contributed by atoms with Gasteiger partial charge in [0.15, 0.2) is 0 Å². The van der Waals surface area contributed by atoms with Gasteiger partial charge in [-0.3, -0.25) is 0 Å². The Balaban J connectivity index is 4.88. The second-order valence-electron chi connectivity index (χ2n) is 4.39. The minimum atomic E-state index is -0.0867. The summed E-state index contributed by atoms with van der Waals surface area (Å²) in [5, 5.41) is 0. The van der Waals surface area contributed by atoms with Crippen molar-refractivity contribution in [3.05, 3.63) is 37.5 Å². The van der Waals surface area contributed by atoms with Gasteiger partial charge in [-0.25, -0.2) is 0 Å². The van der Waals surface area contributed by atoms with Gasteiger partial charge in [-0.2, -0.15) is 0 Å². The molecule has 0 radical (unpaired) electrons. The van der Waals surface area contributed by atoms with Crippen molar-refractivity contribution in [2.45, 2.75) is 45.4 Å². The van der Waals surface area contributed by atoms with Crippen LogP contribution in [0.15, 0.2) is 37.5 Å². The average molecular weight is 240 g/mol. The standard InChI is InChI=1S/C18H24/c1-5-9-12-13-17-18(14-8-4,15-10-6-2)16-11-7-3/h4-7,11H,1-2,9-10,12,14-16H2,3H3.